The molecule has 0 bridgehead atoms. The number of hydrogen-bond donors (Lipinski definition) is 1. The summed E-state index contributed by atoms with van der Waals surface area (Å²) < 4.78 is 1.33. The number of nitrogens with zero attached hydrogens (tertiary/aromatic N) is 1. The van der Waals surface area contributed by atoms with Crippen molar-refractivity contribution in [1.82, 2.24) is 4.90 Å². The van der Waals surface area contributed by atoms with Crippen LogP contribution in [0.1, 0.15) is 50.0 Å². The Balaban J connectivity index is 1.77. The number of thiophene rings is 1. The highest BCUT2D eigenvalue weighted by Gasteiger charge is 2.14. The average Bonchev–Trinajstić information content (AvgIpc) is 2.72. The van der Waals surface area contributed by atoms with Crippen molar-refractivity contribution in [3.05, 3.63) is 17.0 Å². The fourth-order valence-electron chi connectivity index (χ4n) is 2.54. The Morgan fingerprint density at radius 1 is 1.26 bits per heavy atom. The molecule has 0 amide bonds. The van der Waals surface area contributed by atoms with Crippen molar-refractivity contribution in [3.63, 3.8) is 0 Å². The summed E-state index contributed by atoms with van der Waals surface area (Å²) in [5.41, 5.74) is 0. The van der Waals surface area contributed by atoms with Gasteiger partial charge >= 0.3 is 0 Å². The number of aliphatic hydroxyl groups excluding tert-OH is 1. The molecule has 0 spiro atoms. The zero-order valence-electron chi connectivity index (χ0n) is 11.8. The Kier molecular flexibility index (Phi) is 6.71. The highest BCUT2D eigenvalue weighted by molar-refractivity contribution is 8.01. The summed E-state index contributed by atoms with van der Waals surface area (Å²) in [6.07, 6.45) is 6.00. The van der Waals surface area contributed by atoms with Crippen LogP contribution in [-0.4, -0.2) is 35.4 Å². The Hall–Kier alpha value is -0.0300. The quantitative estimate of drug-likeness (QED) is 0.798. The van der Waals surface area contributed by atoms with Crippen molar-refractivity contribution in [2.75, 3.05) is 25.4 Å². The van der Waals surface area contributed by atoms with E-state index in [0.29, 0.717) is 0 Å². The lowest BCUT2D eigenvalue weighted by molar-refractivity contribution is 0.146. The van der Waals surface area contributed by atoms with Crippen molar-refractivity contribution in [2.45, 2.75) is 49.3 Å². The van der Waals surface area contributed by atoms with E-state index in [1.807, 2.05) is 11.8 Å². The molecular weight excluding hydrogens is 274 g/mol. The van der Waals surface area contributed by atoms with Gasteiger partial charge in [0.25, 0.3) is 0 Å². The molecule has 19 heavy (non-hydrogen) atoms. The molecule has 0 saturated carbocycles. The largest absolute Gasteiger partial charge is 0.388 e. The van der Waals surface area contributed by atoms with Gasteiger partial charge in [-0.1, -0.05) is 19.8 Å². The number of aliphatic hydroxyl groups is 1. The molecule has 1 saturated heterocycles. The minimum atomic E-state index is -0.278. The fourth-order valence-corrected chi connectivity index (χ4v) is 4.63. The van der Waals surface area contributed by atoms with E-state index >= 15 is 0 Å². The van der Waals surface area contributed by atoms with Gasteiger partial charge in [-0.15, -0.1) is 23.1 Å². The van der Waals surface area contributed by atoms with Gasteiger partial charge in [0.15, 0.2) is 0 Å². The average molecular weight is 300 g/mol. The second kappa shape index (κ2) is 8.30. The fraction of sp³-hybridized carbons (Fsp3) is 0.733. The predicted octanol–water partition coefficient (Wildman–Crippen LogP) is 4.16. The maximum Gasteiger partial charge on any atom is 0.0894 e. The van der Waals surface area contributed by atoms with Gasteiger partial charge in [0, 0.05) is 11.4 Å². The summed E-state index contributed by atoms with van der Waals surface area (Å²) in [7, 11) is 0. The Labute approximate surface area is 125 Å². The standard InChI is InChI=1S/C15H25NOS2/c1-2-18-15-8-7-14(19-15)13(17)9-12-16-10-5-3-4-6-11-16/h7-8,13,17H,2-6,9-12H2,1H3. The molecule has 1 N–H and O–H groups in total. The second-order valence-electron chi connectivity index (χ2n) is 5.15. The summed E-state index contributed by atoms with van der Waals surface area (Å²) in [4.78, 5) is 3.65. The predicted molar refractivity (Wildman–Crippen MR) is 85.2 cm³/mol. The van der Waals surface area contributed by atoms with Crippen LogP contribution in [0.4, 0.5) is 0 Å². The van der Waals surface area contributed by atoms with Crippen LogP contribution in [0.5, 0.6) is 0 Å². The molecule has 2 nitrogen and oxygen atoms in total. The van der Waals surface area contributed by atoms with Crippen LogP contribution in [-0.2, 0) is 0 Å². The minimum Gasteiger partial charge on any atom is -0.388 e. The molecule has 0 aromatic carbocycles. The molecule has 0 aliphatic carbocycles. The highest BCUT2D eigenvalue weighted by Crippen LogP contribution is 2.32. The van der Waals surface area contributed by atoms with E-state index in [1.165, 1.54) is 43.0 Å². The SMILES string of the molecule is CCSc1ccc(C(O)CCN2CCCCCC2)s1. The molecule has 1 aromatic heterocycles. The summed E-state index contributed by atoms with van der Waals surface area (Å²) >= 11 is 3.61. The van der Waals surface area contributed by atoms with Crippen molar-refractivity contribution >= 4 is 23.1 Å². The summed E-state index contributed by atoms with van der Waals surface area (Å²) in [6.45, 7) is 5.64. The van der Waals surface area contributed by atoms with Crippen LogP contribution in [0.3, 0.4) is 0 Å². The van der Waals surface area contributed by atoms with Gasteiger partial charge in [-0.25, -0.2) is 0 Å². The van der Waals surface area contributed by atoms with E-state index in [0.717, 1.165) is 23.6 Å². The monoisotopic (exact) mass is 299 g/mol. The molecule has 1 aliphatic rings. The topological polar surface area (TPSA) is 23.5 Å². The van der Waals surface area contributed by atoms with Crippen molar-refractivity contribution in [2.24, 2.45) is 0 Å². The highest BCUT2D eigenvalue weighted by atomic mass is 32.2. The van der Waals surface area contributed by atoms with E-state index in [1.54, 1.807) is 11.3 Å². The van der Waals surface area contributed by atoms with Gasteiger partial charge in [-0.3, -0.25) is 0 Å². The van der Waals surface area contributed by atoms with Crippen molar-refractivity contribution < 1.29 is 5.11 Å². The van der Waals surface area contributed by atoms with E-state index in [2.05, 4.69) is 24.0 Å². The van der Waals surface area contributed by atoms with E-state index < -0.39 is 0 Å². The third kappa shape index (κ3) is 5.10. The smallest absolute Gasteiger partial charge is 0.0894 e. The van der Waals surface area contributed by atoms with Crippen LogP contribution in [0.25, 0.3) is 0 Å². The molecule has 1 unspecified atom stereocenters. The molecule has 1 atom stereocenters. The van der Waals surface area contributed by atoms with Gasteiger partial charge in [0.1, 0.15) is 0 Å². The zero-order valence-corrected chi connectivity index (χ0v) is 13.4. The lowest BCUT2D eigenvalue weighted by atomic mass is 10.2. The molecule has 1 aromatic rings. The first-order chi connectivity index (χ1) is 9.29. The van der Waals surface area contributed by atoms with Crippen LogP contribution in [0, 0.1) is 0 Å². The summed E-state index contributed by atoms with van der Waals surface area (Å²) in [5, 5.41) is 10.3. The normalized spacial score (nSPS) is 19.3. The van der Waals surface area contributed by atoms with E-state index in [-0.39, 0.29) is 6.10 Å². The van der Waals surface area contributed by atoms with Gasteiger partial charge in [-0.2, -0.15) is 0 Å². The van der Waals surface area contributed by atoms with Crippen molar-refractivity contribution in [3.8, 4) is 0 Å². The van der Waals surface area contributed by atoms with Crippen LogP contribution >= 0.6 is 23.1 Å². The van der Waals surface area contributed by atoms with Gasteiger partial charge in [0.05, 0.1) is 10.3 Å². The molecule has 2 heterocycles. The second-order valence-corrected chi connectivity index (χ2v) is 7.83. The number of likely N-dealkylation sites (tertiary alicyclic amines) is 1. The first kappa shape index (κ1) is 15.4. The maximum atomic E-state index is 10.3. The van der Waals surface area contributed by atoms with Crippen LogP contribution in [0.2, 0.25) is 0 Å². The first-order valence-electron chi connectivity index (χ1n) is 7.42. The van der Waals surface area contributed by atoms with E-state index in [9.17, 15) is 5.11 Å². The zero-order chi connectivity index (χ0) is 13.5. The number of thioether (sulfide) groups is 1. The first-order valence-corrected chi connectivity index (χ1v) is 9.22. The molecule has 2 rings (SSSR count). The number of hydrogen-bond acceptors (Lipinski definition) is 4. The lowest BCUT2D eigenvalue weighted by Gasteiger charge is -2.21. The van der Waals surface area contributed by atoms with E-state index in [4.69, 9.17) is 0 Å². The lowest BCUT2D eigenvalue weighted by Crippen LogP contribution is -2.26. The molecule has 4 heteroatoms. The van der Waals surface area contributed by atoms with Gasteiger partial charge < -0.3 is 10.0 Å². The Morgan fingerprint density at radius 2 is 2.00 bits per heavy atom. The summed E-state index contributed by atoms with van der Waals surface area (Å²) in [6, 6.07) is 4.24. The number of rotatable bonds is 6. The molecule has 1 aliphatic heterocycles. The third-order valence-electron chi connectivity index (χ3n) is 3.63. The Morgan fingerprint density at radius 3 is 2.68 bits per heavy atom. The molecule has 108 valence electrons. The Bertz CT molecular complexity index is 359. The summed E-state index contributed by atoms with van der Waals surface area (Å²) in [5.74, 6) is 1.10. The minimum absolute atomic E-state index is 0.278. The van der Waals surface area contributed by atoms with Crippen LogP contribution in [0.15, 0.2) is 16.3 Å². The van der Waals surface area contributed by atoms with Gasteiger partial charge in [0.2, 0.25) is 0 Å². The van der Waals surface area contributed by atoms with Crippen LogP contribution < -0.4 is 0 Å². The van der Waals surface area contributed by atoms with Crippen molar-refractivity contribution in [1.29, 1.82) is 0 Å². The molecule has 1 fully saturated rings. The van der Waals surface area contributed by atoms with Gasteiger partial charge in [-0.05, 0) is 50.2 Å². The maximum absolute atomic E-state index is 10.3. The molecule has 0 radical (unpaired) electrons. The molecular formula is C15H25NOS2. The third-order valence-corrected chi connectivity index (χ3v) is 5.93.